The number of carbonyl (C=O) groups is 2. The van der Waals surface area contributed by atoms with Gasteiger partial charge in [-0.15, -0.1) is 0 Å². The summed E-state index contributed by atoms with van der Waals surface area (Å²) in [7, 11) is 1.97. The molecule has 0 N–H and O–H groups in total. The zero-order valence-electron chi connectivity index (χ0n) is 18.6. The molecule has 1 aromatic heterocycles. The molecule has 1 aliphatic carbocycles. The lowest BCUT2D eigenvalue weighted by Crippen LogP contribution is -2.43. The van der Waals surface area contributed by atoms with E-state index in [1.54, 1.807) is 23.1 Å². The highest BCUT2D eigenvalue weighted by Gasteiger charge is 2.36. The van der Waals surface area contributed by atoms with E-state index in [0.29, 0.717) is 30.2 Å². The lowest BCUT2D eigenvalue weighted by molar-refractivity contribution is -0.133. The first-order valence-electron chi connectivity index (χ1n) is 11.2. The van der Waals surface area contributed by atoms with Crippen LogP contribution in [0, 0.1) is 0 Å². The highest BCUT2D eigenvalue weighted by molar-refractivity contribution is 5.97. The fourth-order valence-corrected chi connectivity index (χ4v) is 4.09. The topological polar surface area (TPSA) is 64.0 Å². The Morgan fingerprint density at radius 1 is 0.970 bits per heavy atom. The average Bonchev–Trinajstić information content (AvgIpc) is 3.43. The largest absolute Gasteiger partial charge is 0.454 e. The number of ether oxygens (including phenoxy) is 2. The summed E-state index contributed by atoms with van der Waals surface area (Å²) in [5.74, 6) is 0.985. The van der Waals surface area contributed by atoms with Gasteiger partial charge >= 0.3 is 0 Å². The van der Waals surface area contributed by atoms with Crippen LogP contribution in [0.3, 0.4) is 0 Å². The molecule has 1 saturated carbocycles. The van der Waals surface area contributed by atoms with Crippen molar-refractivity contribution < 1.29 is 19.1 Å². The standard InChI is InChI=1S/C26H27N3O4/c1-27-13-5-8-22(27)16-28(15-19-6-3-2-4-7-19)25(30)17-29(21-10-11-21)26(31)20-9-12-23-24(14-20)33-18-32-23/h2-9,12-14,21H,10-11,15-18H2,1H3. The first kappa shape index (κ1) is 21.1. The van der Waals surface area contributed by atoms with Crippen LogP contribution < -0.4 is 9.47 Å². The third kappa shape index (κ3) is 4.72. The first-order chi connectivity index (χ1) is 16.1. The summed E-state index contributed by atoms with van der Waals surface area (Å²) in [6.07, 6.45) is 3.81. The van der Waals surface area contributed by atoms with Crippen LogP contribution in [-0.2, 0) is 24.9 Å². The molecule has 1 aliphatic heterocycles. The second kappa shape index (κ2) is 9.02. The number of rotatable bonds is 8. The smallest absolute Gasteiger partial charge is 0.254 e. The van der Waals surface area contributed by atoms with E-state index in [0.717, 1.165) is 24.1 Å². The van der Waals surface area contributed by atoms with Crippen molar-refractivity contribution in [1.82, 2.24) is 14.4 Å². The van der Waals surface area contributed by atoms with Crippen LogP contribution in [0.2, 0.25) is 0 Å². The lowest BCUT2D eigenvalue weighted by atomic mass is 10.1. The summed E-state index contributed by atoms with van der Waals surface area (Å²) in [5, 5.41) is 0. The SMILES string of the molecule is Cn1cccc1CN(Cc1ccccc1)C(=O)CN(C(=O)c1ccc2c(c1)OCO2)C1CC1. The molecule has 7 nitrogen and oxygen atoms in total. The number of fused-ring (bicyclic) bond motifs is 1. The Hall–Kier alpha value is -3.74. The molecule has 1 fully saturated rings. The number of benzene rings is 2. The minimum Gasteiger partial charge on any atom is -0.454 e. The highest BCUT2D eigenvalue weighted by atomic mass is 16.7. The summed E-state index contributed by atoms with van der Waals surface area (Å²) >= 11 is 0. The van der Waals surface area contributed by atoms with Gasteiger partial charge < -0.3 is 23.8 Å². The van der Waals surface area contributed by atoms with E-state index in [4.69, 9.17) is 9.47 Å². The van der Waals surface area contributed by atoms with Crippen molar-refractivity contribution >= 4 is 11.8 Å². The molecule has 0 bridgehead atoms. The molecule has 0 saturated heterocycles. The van der Waals surface area contributed by atoms with Crippen molar-refractivity contribution in [2.45, 2.75) is 32.0 Å². The van der Waals surface area contributed by atoms with Crippen LogP contribution in [0.5, 0.6) is 11.5 Å². The average molecular weight is 446 g/mol. The quantitative estimate of drug-likeness (QED) is 0.532. The van der Waals surface area contributed by atoms with E-state index < -0.39 is 0 Å². The van der Waals surface area contributed by atoms with Gasteiger partial charge in [0.15, 0.2) is 11.5 Å². The van der Waals surface area contributed by atoms with Gasteiger partial charge in [-0.25, -0.2) is 0 Å². The van der Waals surface area contributed by atoms with E-state index in [1.807, 2.05) is 65.2 Å². The van der Waals surface area contributed by atoms with Gasteiger partial charge in [0.1, 0.15) is 6.54 Å². The monoisotopic (exact) mass is 445 g/mol. The summed E-state index contributed by atoms with van der Waals surface area (Å²) in [6, 6.07) is 19.2. The van der Waals surface area contributed by atoms with Crippen molar-refractivity contribution in [3.63, 3.8) is 0 Å². The predicted molar refractivity (Wildman–Crippen MR) is 123 cm³/mol. The van der Waals surface area contributed by atoms with Crippen molar-refractivity contribution in [3.05, 3.63) is 83.7 Å². The van der Waals surface area contributed by atoms with E-state index in [9.17, 15) is 9.59 Å². The highest BCUT2D eigenvalue weighted by Crippen LogP contribution is 2.34. The molecular formula is C26H27N3O4. The molecule has 33 heavy (non-hydrogen) atoms. The molecule has 170 valence electrons. The number of hydrogen-bond donors (Lipinski definition) is 0. The maximum absolute atomic E-state index is 13.5. The normalized spacial score (nSPS) is 14.2. The van der Waals surface area contributed by atoms with Gasteiger partial charge in [0.25, 0.3) is 5.91 Å². The van der Waals surface area contributed by atoms with Crippen LogP contribution in [0.4, 0.5) is 0 Å². The summed E-state index contributed by atoms with van der Waals surface area (Å²) < 4.78 is 12.8. The van der Waals surface area contributed by atoms with E-state index in [2.05, 4.69) is 0 Å². The molecule has 5 rings (SSSR count). The Kier molecular flexibility index (Phi) is 5.77. The second-order valence-electron chi connectivity index (χ2n) is 8.58. The summed E-state index contributed by atoms with van der Waals surface area (Å²) in [6.45, 7) is 1.18. The van der Waals surface area contributed by atoms with Crippen LogP contribution in [-0.4, -0.2) is 45.6 Å². The molecule has 0 atom stereocenters. The van der Waals surface area contributed by atoms with E-state index in [1.165, 1.54) is 0 Å². The van der Waals surface area contributed by atoms with Crippen LogP contribution in [0.15, 0.2) is 66.9 Å². The van der Waals surface area contributed by atoms with Crippen molar-refractivity contribution in [2.75, 3.05) is 13.3 Å². The van der Waals surface area contributed by atoms with E-state index >= 15 is 0 Å². The third-order valence-corrected chi connectivity index (χ3v) is 6.15. The lowest BCUT2D eigenvalue weighted by Gasteiger charge is -2.28. The molecule has 2 amide bonds. The second-order valence-corrected chi connectivity index (χ2v) is 8.58. The summed E-state index contributed by atoms with van der Waals surface area (Å²) in [5.41, 5.74) is 2.61. The number of nitrogens with zero attached hydrogens (tertiary/aromatic N) is 3. The number of amides is 2. The molecule has 2 aliphatic rings. The predicted octanol–water partition coefficient (Wildman–Crippen LogP) is 3.59. The minimum atomic E-state index is -0.150. The third-order valence-electron chi connectivity index (χ3n) is 6.15. The molecule has 0 spiro atoms. The Bertz CT molecular complexity index is 1150. The van der Waals surface area contributed by atoms with E-state index in [-0.39, 0.29) is 31.2 Å². The molecule has 0 unspecified atom stereocenters. The number of carbonyl (C=O) groups excluding carboxylic acids is 2. The van der Waals surface area contributed by atoms with Crippen LogP contribution in [0.25, 0.3) is 0 Å². The fraction of sp³-hybridized carbons (Fsp3) is 0.308. The number of aromatic nitrogens is 1. The van der Waals surface area contributed by atoms with Gasteiger partial charge in [0, 0.05) is 37.1 Å². The number of hydrogen-bond acceptors (Lipinski definition) is 4. The molecular weight excluding hydrogens is 418 g/mol. The van der Waals surface area contributed by atoms with Gasteiger partial charge in [-0.05, 0) is 48.7 Å². The fourth-order valence-electron chi connectivity index (χ4n) is 4.09. The molecule has 0 radical (unpaired) electrons. The van der Waals surface area contributed by atoms with Crippen LogP contribution >= 0.6 is 0 Å². The van der Waals surface area contributed by atoms with Crippen molar-refractivity contribution in [3.8, 4) is 11.5 Å². The molecule has 2 aromatic carbocycles. The molecule has 2 heterocycles. The number of aryl methyl sites for hydroxylation is 1. The van der Waals surface area contributed by atoms with Crippen molar-refractivity contribution in [1.29, 1.82) is 0 Å². The Balaban J connectivity index is 1.35. The zero-order valence-corrected chi connectivity index (χ0v) is 18.6. The van der Waals surface area contributed by atoms with Gasteiger partial charge in [-0.3, -0.25) is 9.59 Å². The summed E-state index contributed by atoms with van der Waals surface area (Å²) in [4.78, 5) is 30.4. The minimum absolute atomic E-state index is 0.0508. The van der Waals surface area contributed by atoms with Gasteiger partial charge in [-0.2, -0.15) is 0 Å². The maximum Gasteiger partial charge on any atom is 0.254 e. The zero-order chi connectivity index (χ0) is 22.8. The Morgan fingerprint density at radius 3 is 2.48 bits per heavy atom. The van der Waals surface area contributed by atoms with Gasteiger partial charge in [-0.1, -0.05) is 30.3 Å². The van der Waals surface area contributed by atoms with Crippen LogP contribution in [0.1, 0.15) is 34.5 Å². The van der Waals surface area contributed by atoms with Gasteiger partial charge in [0.2, 0.25) is 12.7 Å². The first-order valence-corrected chi connectivity index (χ1v) is 11.2. The molecule has 3 aromatic rings. The molecule has 7 heteroatoms. The maximum atomic E-state index is 13.5. The Labute approximate surface area is 193 Å². The Morgan fingerprint density at radius 2 is 1.76 bits per heavy atom. The van der Waals surface area contributed by atoms with Gasteiger partial charge in [0.05, 0.1) is 6.54 Å². The van der Waals surface area contributed by atoms with Crippen molar-refractivity contribution in [2.24, 2.45) is 7.05 Å².